The molecule has 1 fully saturated rings. The van der Waals surface area contributed by atoms with Gasteiger partial charge in [-0.05, 0) is 0 Å². The molecule has 0 aliphatic heterocycles. The van der Waals surface area contributed by atoms with E-state index in [0.717, 1.165) is 6.08 Å². The molecule has 2 nitrogen and oxygen atoms in total. The number of hydrogen-bond donors (Lipinski definition) is 1. The van der Waals surface area contributed by atoms with Crippen molar-refractivity contribution in [2.75, 3.05) is 0 Å². The minimum Gasteiger partial charge on any atom is -0.481 e. The molecule has 50 valence electrons. The first-order chi connectivity index (χ1) is 4.10. The number of carboxylic acid groups (broad SMARTS) is 1. The summed E-state index contributed by atoms with van der Waals surface area (Å²) in [5.41, 5.74) is -1.61. The third-order valence-corrected chi connectivity index (χ3v) is 1.57. The smallest absolute Gasteiger partial charge is 0.310 e. The number of aliphatic carboxylic acids is 1. The number of hydrogen-bond acceptors (Lipinski definition) is 1. The summed E-state index contributed by atoms with van der Waals surface area (Å²) in [7, 11) is 0. The third kappa shape index (κ3) is 0.823. The van der Waals surface area contributed by atoms with E-state index in [1.165, 1.54) is 0 Å². The van der Waals surface area contributed by atoms with E-state index in [2.05, 4.69) is 6.58 Å². The van der Waals surface area contributed by atoms with Crippen molar-refractivity contribution in [3.05, 3.63) is 12.7 Å². The van der Waals surface area contributed by atoms with Crippen molar-refractivity contribution >= 4 is 5.97 Å². The molecule has 1 aliphatic rings. The van der Waals surface area contributed by atoms with Crippen LogP contribution in [0.25, 0.3) is 0 Å². The Balaban J connectivity index is 2.57. The maximum absolute atomic E-state index is 12.6. The molecule has 0 aromatic rings. The van der Waals surface area contributed by atoms with Gasteiger partial charge in [-0.3, -0.25) is 4.79 Å². The Hall–Kier alpha value is -0.860. The Morgan fingerprint density at radius 3 is 2.67 bits per heavy atom. The molecule has 0 radical (unpaired) electrons. The normalized spacial score (nSPS) is 39.9. The van der Waals surface area contributed by atoms with E-state index in [1.54, 1.807) is 0 Å². The fraction of sp³-hybridized carbons (Fsp3) is 0.500. The van der Waals surface area contributed by atoms with Crippen LogP contribution in [0.15, 0.2) is 12.7 Å². The lowest BCUT2D eigenvalue weighted by molar-refractivity contribution is -0.139. The van der Waals surface area contributed by atoms with Gasteiger partial charge < -0.3 is 5.11 Å². The summed E-state index contributed by atoms with van der Waals surface area (Å²) >= 11 is 0. The highest BCUT2D eigenvalue weighted by Gasteiger charge is 2.57. The highest BCUT2D eigenvalue weighted by Crippen LogP contribution is 2.48. The van der Waals surface area contributed by atoms with E-state index in [-0.39, 0.29) is 6.42 Å². The summed E-state index contributed by atoms with van der Waals surface area (Å²) in [6.45, 7) is 3.19. The zero-order valence-corrected chi connectivity index (χ0v) is 4.80. The van der Waals surface area contributed by atoms with Crippen molar-refractivity contribution in [3.63, 3.8) is 0 Å². The van der Waals surface area contributed by atoms with Crippen LogP contribution in [0, 0.1) is 5.92 Å². The molecule has 0 spiro atoms. The molecule has 9 heavy (non-hydrogen) atoms. The summed E-state index contributed by atoms with van der Waals surface area (Å²) in [5.74, 6) is -1.91. The number of carboxylic acids is 1. The van der Waals surface area contributed by atoms with Crippen molar-refractivity contribution in [3.8, 4) is 0 Å². The van der Waals surface area contributed by atoms with Crippen LogP contribution >= 0.6 is 0 Å². The van der Waals surface area contributed by atoms with Gasteiger partial charge in [-0.25, -0.2) is 4.39 Å². The molecule has 2 atom stereocenters. The Morgan fingerprint density at radius 2 is 2.56 bits per heavy atom. The third-order valence-electron chi connectivity index (χ3n) is 1.57. The first-order valence-electron chi connectivity index (χ1n) is 2.65. The van der Waals surface area contributed by atoms with Crippen LogP contribution in [0.5, 0.6) is 0 Å². The molecule has 0 aromatic heterocycles. The van der Waals surface area contributed by atoms with E-state index in [1.807, 2.05) is 0 Å². The fourth-order valence-corrected chi connectivity index (χ4v) is 0.772. The molecule has 0 aromatic carbocycles. The molecule has 1 N–H and O–H groups in total. The molecule has 3 heteroatoms. The van der Waals surface area contributed by atoms with Crippen LogP contribution in [0.4, 0.5) is 4.39 Å². The topological polar surface area (TPSA) is 37.3 Å². The van der Waals surface area contributed by atoms with Crippen molar-refractivity contribution in [1.29, 1.82) is 0 Å². The first kappa shape index (κ1) is 6.26. The lowest BCUT2D eigenvalue weighted by atomic mass is 10.3. The van der Waals surface area contributed by atoms with E-state index in [4.69, 9.17) is 5.11 Å². The van der Waals surface area contributed by atoms with Crippen molar-refractivity contribution in [1.82, 2.24) is 0 Å². The highest BCUT2D eigenvalue weighted by atomic mass is 19.1. The lowest BCUT2D eigenvalue weighted by Crippen LogP contribution is -2.07. The summed E-state index contributed by atoms with van der Waals surface area (Å²) < 4.78 is 12.6. The summed E-state index contributed by atoms with van der Waals surface area (Å²) in [6, 6.07) is 0. The molecular formula is C6H7FO2. The number of halogens is 1. The van der Waals surface area contributed by atoms with Crippen molar-refractivity contribution in [2.45, 2.75) is 12.1 Å². The maximum atomic E-state index is 12.6. The second-order valence-corrected chi connectivity index (χ2v) is 2.23. The molecular weight excluding hydrogens is 123 g/mol. The largest absolute Gasteiger partial charge is 0.481 e. The minimum absolute atomic E-state index is 0.0891. The van der Waals surface area contributed by atoms with E-state index in [0.29, 0.717) is 0 Å². The molecule has 0 saturated heterocycles. The average Bonchev–Trinajstić information content (AvgIpc) is 2.44. The quantitative estimate of drug-likeness (QED) is 0.566. The molecule has 0 heterocycles. The van der Waals surface area contributed by atoms with Gasteiger partial charge in [0.25, 0.3) is 0 Å². The molecule has 1 unspecified atom stereocenters. The summed E-state index contributed by atoms with van der Waals surface area (Å²) in [6.07, 6.45) is 1.15. The van der Waals surface area contributed by atoms with Crippen LogP contribution in [0.1, 0.15) is 6.42 Å². The maximum Gasteiger partial charge on any atom is 0.310 e. The molecule has 0 bridgehead atoms. The van der Waals surface area contributed by atoms with Gasteiger partial charge in [-0.2, -0.15) is 0 Å². The van der Waals surface area contributed by atoms with Gasteiger partial charge in [-0.1, -0.05) is 12.7 Å². The Bertz CT molecular complexity index is 166. The number of alkyl halides is 1. The van der Waals surface area contributed by atoms with Crippen LogP contribution in [0.3, 0.4) is 0 Å². The van der Waals surface area contributed by atoms with Gasteiger partial charge >= 0.3 is 5.97 Å². The predicted molar refractivity (Wildman–Crippen MR) is 29.8 cm³/mol. The first-order valence-corrected chi connectivity index (χ1v) is 2.65. The number of rotatable bonds is 2. The second kappa shape index (κ2) is 1.56. The van der Waals surface area contributed by atoms with Gasteiger partial charge in [0, 0.05) is 6.42 Å². The zero-order valence-electron chi connectivity index (χ0n) is 4.80. The summed E-state index contributed by atoms with van der Waals surface area (Å²) in [4.78, 5) is 10.0. The van der Waals surface area contributed by atoms with Crippen molar-refractivity contribution < 1.29 is 14.3 Å². The highest BCUT2D eigenvalue weighted by molar-refractivity contribution is 5.76. The van der Waals surface area contributed by atoms with Crippen molar-refractivity contribution in [2.24, 2.45) is 5.92 Å². The Kier molecular flexibility index (Phi) is 1.08. The zero-order chi connectivity index (χ0) is 7.07. The minimum atomic E-state index is -1.61. The Morgan fingerprint density at radius 1 is 2.00 bits per heavy atom. The van der Waals surface area contributed by atoms with Gasteiger partial charge in [0.2, 0.25) is 0 Å². The molecule has 1 aliphatic carbocycles. The monoisotopic (exact) mass is 130 g/mol. The predicted octanol–water partition coefficient (Wildman–Crippen LogP) is 0.985. The van der Waals surface area contributed by atoms with E-state index < -0.39 is 17.6 Å². The Labute approximate surface area is 52.0 Å². The van der Waals surface area contributed by atoms with Crippen LogP contribution in [-0.4, -0.2) is 16.7 Å². The fourth-order valence-electron chi connectivity index (χ4n) is 0.772. The molecule has 1 saturated carbocycles. The van der Waals surface area contributed by atoms with Gasteiger partial charge in [0.1, 0.15) is 5.67 Å². The standard InChI is InChI=1S/C6H7FO2/c1-2-6(7)3-4(6)5(8)9/h2,4H,1,3H2,(H,8,9)/t4?,6-/m0/s1. The molecule has 0 amide bonds. The number of carbonyl (C=O) groups is 1. The van der Waals surface area contributed by atoms with Crippen LogP contribution in [-0.2, 0) is 4.79 Å². The molecule has 1 rings (SSSR count). The van der Waals surface area contributed by atoms with E-state index >= 15 is 0 Å². The summed E-state index contributed by atoms with van der Waals surface area (Å²) in [5, 5.41) is 8.23. The van der Waals surface area contributed by atoms with E-state index in [9.17, 15) is 9.18 Å². The van der Waals surface area contributed by atoms with Gasteiger partial charge in [0.15, 0.2) is 0 Å². The van der Waals surface area contributed by atoms with Crippen LogP contribution < -0.4 is 0 Å². The average molecular weight is 130 g/mol. The van der Waals surface area contributed by atoms with Crippen LogP contribution in [0.2, 0.25) is 0 Å². The SMILES string of the molecule is C=C[C@]1(F)CC1C(=O)O. The van der Waals surface area contributed by atoms with Gasteiger partial charge in [0.05, 0.1) is 5.92 Å². The number of allylic oxidation sites excluding steroid dienone is 1. The lowest BCUT2D eigenvalue weighted by Gasteiger charge is -1.92. The van der Waals surface area contributed by atoms with Gasteiger partial charge in [-0.15, -0.1) is 0 Å². The second-order valence-electron chi connectivity index (χ2n) is 2.23.